The number of morpholine rings is 2. The lowest BCUT2D eigenvalue weighted by Gasteiger charge is -2.26. The monoisotopic (exact) mass is 925 g/mol. The van der Waals surface area contributed by atoms with Crippen molar-refractivity contribution in [3.05, 3.63) is 47.5 Å². The predicted octanol–water partition coefficient (Wildman–Crippen LogP) is 4.32. The summed E-state index contributed by atoms with van der Waals surface area (Å²) >= 11 is 0. The highest BCUT2D eigenvalue weighted by atomic mass is 16.6. The largest absolute Gasteiger partial charge is 0.423 e. The SMILES string of the molecule is C[C@H](Cc1ccc(OC(=O)CCCN2CCOCC2)c(OC(=O)NCCN2CCCOC2)c1)[C@@H](C)Cc1ccc(OC(=O)NCCN2CCCOC2)c(OC(=O)CCCN2CCOCC2)c1. The first-order valence-corrected chi connectivity index (χ1v) is 24.0. The number of carbonyl (C=O) groups is 4. The summed E-state index contributed by atoms with van der Waals surface area (Å²) in [5, 5.41) is 5.62. The minimum Gasteiger partial charge on any atom is -0.423 e. The van der Waals surface area contributed by atoms with Crippen LogP contribution in [0.1, 0.15) is 63.5 Å². The van der Waals surface area contributed by atoms with Gasteiger partial charge in [0.25, 0.3) is 0 Å². The molecule has 66 heavy (non-hydrogen) atoms. The Morgan fingerprint density at radius 3 is 1.39 bits per heavy atom. The Morgan fingerprint density at radius 2 is 0.939 bits per heavy atom. The highest BCUT2D eigenvalue weighted by Gasteiger charge is 2.22. The van der Waals surface area contributed by atoms with Crippen molar-refractivity contribution in [1.82, 2.24) is 30.2 Å². The van der Waals surface area contributed by atoms with E-state index < -0.39 is 24.1 Å². The average molecular weight is 925 g/mol. The summed E-state index contributed by atoms with van der Waals surface area (Å²) < 4.78 is 45.1. The van der Waals surface area contributed by atoms with Crippen LogP contribution in [0.3, 0.4) is 0 Å². The number of nitrogens with one attached hydrogen (secondary N) is 2. The highest BCUT2D eigenvalue weighted by molar-refractivity contribution is 5.76. The summed E-state index contributed by atoms with van der Waals surface area (Å²) in [4.78, 5) is 61.0. The second-order valence-corrected chi connectivity index (χ2v) is 17.6. The van der Waals surface area contributed by atoms with Crippen LogP contribution in [0.4, 0.5) is 9.59 Å². The normalized spacial score (nSPS) is 18.8. The fraction of sp³-hybridized carbons (Fsp3) is 0.667. The molecule has 0 bridgehead atoms. The van der Waals surface area contributed by atoms with Crippen LogP contribution in [0.15, 0.2) is 36.4 Å². The molecule has 4 fully saturated rings. The third-order valence-corrected chi connectivity index (χ3v) is 12.3. The summed E-state index contributed by atoms with van der Waals surface area (Å²) in [6.45, 7) is 18.3. The van der Waals surface area contributed by atoms with E-state index in [1.54, 1.807) is 24.3 Å². The van der Waals surface area contributed by atoms with Crippen molar-refractivity contribution in [3.8, 4) is 23.0 Å². The van der Waals surface area contributed by atoms with Crippen molar-refractivity contribution in [1.29, 1.82) is 0 Å². The minimum absolute atomic E-state index is 0.144. The molecule has 0 unspecified atom stereocenters. The fourth-order valence-corrected chi connectivity index (χ4v) is 8.28. The Labute approximate surface area is 389 Å². The molecule has 0 aromatic heterocycles. The Balaban J connectivity index is 1.07. The van der Waals surface area contributed by atoms with E-state index in [4.69, 9.17) is 37.9 Å². The number of hydrogen-bond acceptors (Lipinski definition) is 16. The Kier molecular flexibility index (Phi) is 21.7. The molecular formula is C48H72N6O12. The van der Waals surface area contributed by atoms with Crippen LogP contribution in [0.2, 0.25) is 0 Å². The predicted molar refractivity (Wildman–Crippen MR) is 245 cm³/mol. The van der Waals surface area contributed by atoms with E-state index in [1.165, 1.54) is 0 Å². The first-order valence-electron chi connectivity index (χ1n) is 24.0. The number of benzene rings is 2. The number of ether oxygens (including phenoxy) is 8. The topological polar surface area (TPSA) is 179 Å². The molecule has 2 aromatic carbocycles. The van der Waals surface area contributed by atoms with Gasteiger partial charge >= 0.3 is 24.1 Å². The van der Waals surface area contributed by atoms with Crippen LogP contribution < -0.4 is 29.6 Å². The van der Waals surface area contributed by atoms with E-state index in [2.05, 4.69) is 44.1 Å². The molecule has 2 N–H and O–H groups in total. The lowest BCUT2D eigenvalue weighted by atomic mass is 9.85. The fourth-order valence-electron chi connectivity index (χ4n) is 8.28. The van der Waals surface area contributed by atoms with Crippen LogP contribution in [-0.2, 0) is 41.4 Å². The maximum Gasteiger partial charge on any atom is 0.412 e. The van der Waals surface area contributed by atoms with Gasteiger partial charge < -0.3 is 48.5 Å². The van der Waals surface area contributed by atoms with Gasteiger partial charge in [-0.1, -0.05) is 26.0 Å². The van der Waals surface area contributed by atoms with Gasteiger partial charge in [0.15, 0.2) is 23.0 Å². The first kappa shape index (κ1) is 51.0. The van der Waals surface area contributed by atoms with Crippen molar-refractivity contribution < 1.29 is 57.1 Å². The van der Waals surface area contributed by atoms with Crippen molar-refractivity contribution in [2.24, 2.45) is 11.8 Å². The zero-order valence-corrected chi connectivity index (χ0v) is 39.1. The molecule has 2 amide bonds. The van der Waals surface area contributed by atoms with E-state index in [-0.39, 0.29) is 47.7 Å². The molecule has 366 valence electrons. The molecule has 0 radical (unpaired) electrons. The van der Waals surface area contributed by atoms with E-state index in [1.807, 2.05) is 12.1 Å². The molecule has 6 rings (SSSR count). The van der Waals surface area contributed by atoms with Gasteiger partial charge in [-0.3, -0.25) is 29.2 Å². The number of nitrogens with zero attached hydrogens (tertiary/aromatic N) is 4. The van der Waals surface area contributed by atoms with Gasteiger partial charge in [-0.15, -0.1) is 0 Å². The zero-order chi connectivity index (χ0) is 46.4. The van der Waals surface area contributed by atoms with E-state index in [9.17, 15) is 19.2 Å². The van der Waals surface area contributed by atoms with Crippen molar-refractivity contribution in [2.75, 3.05) is 132 Å². The summed E-state index contributed by atoms with van der Waals surface area (Å²) in [5.74, 6) is 0.204. The van der Waals surface area contributed by atoms with Crippen LogP contribution in [-0.4, -0.2) is 175 Å². The van der Waals surface area contributed by atoms with Gasteiger partial charge in [-0.25, -0.2) is 9.59 Å². The maximum absolute atomic E-state index is 13.2. The molecule has 18 heteroatoms. The highest BCUT2D eigenvalue weighted by Crippen LogP contribution is 2.34. The molecule has 18 nitrogen and oxygen atoms in total. The molecular weight excluding hydrogens is 853 g/mol. The molecule has 4 saturated heterocycles. The number of rotatable bonds is 23. The van der Waals surface area contributed by atoms with Crippen molar-refractivity contribution >= 4 is 24.1 Å². The molecule has 4 heterocycles. The third-order valence-electron chi connectivity index (χ3n) is 12.3. The van der Waals surface area contributed by atoms with E-state index in [0.29, 0.717) is 91.8 Å². The third kappa shape index (κ3) is 18.4. The maximum atomic E-state index is 13.2. The second-order valence-electron chi connectivity index (χ2n) is 17.6. The minimum atomic E-state index is -0.637. The van der Waals surface area contributed by atoms with E-state index >= 15 is 0 Å². The smallest absolute Gasteiger partial charge is 0.412 e. The average Bonchev–Trinajstić information content (AvgIpc) is 3.32. The number of hydrogen-bond donors (Lipinski definition) is 2. The number of amides is 2. The quantitative estimate of drug-likeness (QED) is 0.119. The van der Waals surface area contributed by atoms with Gasteiger partial charge in [-0.2, -0.15) is 0 Å². The van der Waals surface area contributed by atoms with Gasteiger partial charge in [0, 0.05) is 91.5 Å². The lowest BCUT2D eigenvalue weighted by Crippen LogP contribution is -2.40. The van der Waals surface area contributed by atoms with Gasteiger partial charge in [0.2, 0.25) is 0 Å². The molecule has 0 aliphatic carbocycles. The summed E-state index contributed by atoms with van der Waals surface area (Å²) in [6, 6.07) is 10.7. The Bertz CT molecular complexity index is 1680. The van der Waals surface area contributed by atoms with Gasteiger partial charge in [0.1, 0.15) is 0 Å². The summed E-state index contributed by atoms with van der Waals surface area (Å²) in [6.07, 6.45) is 3.61. The van der Waals surface area contributed by atoms with E-state index in [0.717, 1.165) is 89.5 Å². The lowest BCUT2D eigenvalue weighted by molar-refractivity contribution is -0.135. The van der Waals surface area contributed by atoms with Crippen LogP contribution >= 0.6 is 0 Å². The summed E-state index contributed by atoms with van der Waals surface area (Å²) in [5.41, 5.74) is 1.82. The van der Waals surface area contributed by atoms with Crippen LogP contribution in [0.5, 0.6) is 23.0 Å². The molecule has 2 aromatic rings. The number of carbonyl (C=O) groups excluding carboxylic acids is 4. The zero-order valence-electron chi connectivity index (χ0n) is 39.1. The molecule has 2 atom stereocenters. The molecule has 0 saturated carbocycles. The van der Waals surface area contributed by atoms with Gasteiger partial charge in [-0.05, 0) is 98.8 Å². The molecule has 0 spiro atoms. The van der Waals surface area contributed by atoms with Crippen molar-refractivity contribution in [2.45, 2.75) is 65.2 Å². The van der Waals surface area contributed by atoms with Crippen LogP contribution in [0.25, 0.3) is 0 Å². The number of esters is 2. The summed E-state index contributed by atoms with van der Waals surface area (Å²) in [7, 11) is 0. The first-order chi connectivity index (χ1) is 32.2. The standard InChI is InChI=1S/C48H72N6O12/c1-37(31-39-10-12-42(65-47(57)49-13-19-53-17-5-25-61-35-53)43(33-39)64-46(56)8-4-16-52-23-29-60-30-24-52)38(2)32-40-9-11-41(63-45(55)7-3-15-51-21-27-59-28-22-51)44(34-40)66-48(58)50-14-20-54-18-6-26-62-36-54/h9-12,33-34,37-38H,3-8,13-32,35-36H2,1-2H3,(H,49,57)(H,50,58)/t37-,38+/m0/s1. The Morgan fingerprint density at radius 1 is 0.515 bits per heavy atom. The Hall–Kier alpha value is -4.40. The molecule has 4 aliphatic heterocycles. The van der Waals surface area contributed by atoms with Crippen molar-refractivity contribution in [3.63, 3.8) is 0 Å². The van der Waals surface area contributed by atoms with Gasteiger partial charge in [0.05, 0.1) is 39.9 Å². The molecule has 4 aliphatic rings. The second kappa shape index (κ2) is 28.1. The van der Waals surface area contributed by atoms with Crippen LogP contribution in [0, 0.1) is 11.8 Å².